The third-order valence-electron chi connectivity index (χ3n) is 5.38. The maximum absolute atomic E-state index is 5.13. The van der Waals surface area contributed by atoms with Crippen LogP contribution in [0.1, 0.15) is 75.4 Å². The molecule has 0 bridgehead atoms. The molecule has 0 radical (unpaired) electrons. The molecular formula is C18H30N2S. The quantitative estimate of drug-likeness (QED) is 0.874. The van der Waals surface area contributed by atoms with Crippen LogP contribution >= 0.6 is 11.3 Å². The van der Waals surface area contributed by atoms with Crippen molar-refractivity contribution in [3.8, 4) is 0 Å². The minimum atomic E-state index is 0.127. The van der Waals surface area contributed by atoms with Crippen molar-refractivity contribution in [3.05, 3.63) is 15.6 Å². The van der Waals surface area contributed by atoms with E-state index in [0.717, 1.165) is 6.54 Å². The molecule has 1 fully saturated rings. The molecule has 2 atom stereocenters. The molecule has 0 amide bonds. The molecule has 3 rings (SSSR count). The van der Waals surface area contributed by atoms with Crippen LogP contribution in [-0.4, -0.2) is 11.5 Å². The second-order valence-electron chi connectivity index (χ2n) is 7.94. The number of hydrogen-bond donors (Lipinski definition) is 1. The number of thiazole rings is 1. The third kappa shape index (κ3) is 2.79. The summed E-state index contributed by atoms with van der Waals surface area (Å²) in [6, 6.07) is 0. The Kier molecular flexibility index (Phi) is 4.17. The molecule has 2 nitrogen and oxygen atoms in total. The molecule has 1 aromatic rings. The van der Waals surface area contributed by atoms with Crippen LogP contribution in [0, 0.1) is 11.3 Å². The predicted octanol–water partition coefficient (Wildman–Crippen LogP) is 4.67. The van der Waals surface area contributed by atoms with E-state index in [4.69, 9.17) is 4.98 Å². The first-order chi connectivity index (χ1) is 9.97. The molecule has 3 heteroatoms. The summed E-state index contributed by atoms with van der Waals surface area (Å²) >= 11 is 2.01. The van der Waals surface area contributed by atoms with E-state index in [-0.39, 0.29) is 5.54 Å². The molecule has 1 N–H and O–H groups in total. The smallest absolute Gasteiger partial charge is 0.114 e. The van der Waals surface area contributed by atoms with Gasteiger partial charge in [0.25, 0.3) is 0 Å². The van der Waals surface area contributed by atoms with E-state index in [1.54, 1.807) is 4.88 Å². The fourth-order valence-corrected chi connectivity index (χ4v) is 5.92. The summed E-state index contributed by atoms with van der Waals surface area (Å²) in [5.74, 6) is 0.673. The van der Waals surface area contributed by atoms with Crippen molar-refractivity contribution < 1.29 is 0 Å². The Labute approximate surface area is 133 Å². The highest BCUT2D eigenvalue weighted by Crippen LogP contribution is 2.53. The van der Waals surface area contributed by atoms with Crippen LogP contribution in [0.4, 0.5) is 0 Å². The van der Waals surface area contributed by atoms with Gasteiger partial charge in [0, 0.05) is 4.88 Å². The van der Waals surface area contributed by atoms with Crippen molar-refractivity contribution in [1.29, 1.82) is 0 Å². The minimum Gasteiger partial charge on any atom is -0.305 e. The summed E-state index contributed by atoms with van der Waals surface area (Å²) in [6.07, 6.45) is 8.86. The van der Waals surface area contributed by atoms with Crippen molar-refractivity contribution in [2.24, 2.45) is 11.3 Å². The molecule has 0 aliphatic heterocycles. The summed E-state index contributed by atoms with van der Waals surface area (Å²) in [5, 5.41) is 5.31. The highest BCUT2D eigenvalue weighted by Gasteiger charge is 2.51. The molecule has 2 unspecified atom stereocenters. The number of aryl methyl sites for hydroxylation is 2. The van der Waals surface area contributed by atoms with E-state index in [9.17, 15) is 0 Å². The fraction of sp³-hybridized carbons (Fsp3) is 0.833. The van der Waals surface area contributed by atoms with Crippen LogP contribution in [0.25, 0.3) is 0 Å². The average Bonchev–Trinajstić information content (AvgIpc) is 2.95. The van der Waals surface area contributed by atoms with Crippen molar-refractivity contribution in [3.63, 3.8) is 0 Å². The minimum absolute atomic E-state index is 0.127. The van der Waals surface area contributed by atoms with Gasteiger partial charge in [0.15, 0.2) is 0 Å². The molecule has 2 aliphatic carbocycles. The van der Waals surface area contributed by atoms with Crippen LogP contribution in [0.3, 0.4) is 0 Å². The molecule has 1 aromatic heterocycles. The van der Waals surface area contributed by atoms with E-state index in [1.807, 2.05) is 11.3 Å². The van der Waals surface area contributed by atoms with Crippen molar-refractivity contribution in [2.75, 3.05) is 6.54 Å². The van der Waals surface area contributed by atoms with E-state index >= 15 is 0 Å². The lowest BCUT2D eigenvalue weighted by Crippen LogP contribution is -2.45. The van der Waals surface area contributed by atoms with Gasteiger partial charge in [0.2, 0.25) is 0 Å². The van der Waals surface area contributed by atoms with Gasteiger partial charge in [-0.15, -0.1) is 11.3 Å². The summed E-state index contributed by atoms with van der Waals surface area (Å²) in [5.41, 5.74) is 1.96. The largest absolute Gasteiger partial charge is 0.305 e. The van der Waals surface area contributed by atoms with Crippen LogP contribution in [0.15, 0.2) is 0 Å². The second-order valence-corrected chi connectivity index (χ2v) is 9.02. The van der Waals surface area contributed by atoms with Gasteiger partial charge in [-0.2, -0.15) is 0 Å². The maximum atomic E-state index is 5.13. The van der Waals surface area contributed by atoms with Crippen LogP contribution in [0.5, 0.6) is 0 Å². The van der Waals surface area contributed by atoms with Gasteiger partial charge in [-0.3, -0.25) is 0 Å². The lowest BCUT2D eigenvalue weighted by molar-refractivity contribution is 0.251. The lowest BCUT2D eigenvalue weighted by Gasteiger charge is -2.34. The molecular weight excluding hydrogens is 276 g/mol. The number of aromatic nitrogens is 1. The van der Waals surface area contributed by atoms with Gasteiger partial charge >= 0.3 is 0 Å². The van der Waals surface area contributed by atoms with E-state index in [0.29, 0.717) is 11.3 Å². The zero-order valence-corrected chi connectivity index (χ0v) is 14.9. The van der Waals surface area contributed by atoms with Crippen molar-refractivity contribution in [2.45, 2.75) is 78.2 Å². The first kappa shape index (κ1) is 15.5. The topological polar surface area (TPSA) is 24.9 Å². The molecule has 1 heterocycles. The standard InChI is InChI=1S/C18H30N2S/c1-5-10-19-18(12-17(3,4)11-13(18)2)16-20-14-8-6-7-9-15(14)21-16/h13,19H,5-12H2,1-4H3. The van der Waals surface area contributed by atoms with E-state index in [1.165, 1.54) is 55.6 Å². The summed E-state index contributed by atoms with van der Waals surface area (Å²) in [6.45, 7) is 10.6. The zero-order valence-electron chi connectivity index (χ0n) is 14.1. The Morgan fingerprint density at radius 3 is 2.67 bits per heavy atom. The Balaban J connectivity index is 1.97. The van der Waals surface area contributed by atoms with Crippen molar-refractivity contribution in [1.82, 2.24) is 10.3 Å². The number of nitrogens with zero attached hydrogens (tertiary/aromatic N) is 1. The average molecular weight is 307 g/mol. The molecule has 0 aromatic carbocycles. The molecule has 118 valence electrons. The molecule has 2 aliphatic rings. The van der Waals surface area contributed by atoms with Gasteiger partial charge in [0.1, 0.15) is 5.01 Å². The molecule has 1 saturated carbocycles. The summed E-state index contributed by atoms with van der Waals surface area (Å²) in [7, 11) is 0. The number of fused-ring (bicyclic) bond motifs is 1. The normalized spacial score (nSPS) is 31.3. The number of rotatable bonds is 4. The maximum Gasteiger partial charge on any atom is 0.114 e. The van der Waals surface area contributed by atoms with E-state index < -0.39 is 0 Å². The van der Waals surface area contributed by atoms with Gasteiger partial charge in [-0.25, -0.2) is 4.98 Å². The molecule has 0 saturated heterocycles. The molecule has 21 heavy (non-hydrogen) atoms. The summed E-state index contributed by atoms with van der Waals surface area (Å²) in [4.78, 5) is 6.70. The third-order valence-corrected chi connectivity index (χ3v) is 6.71. The zero-order chi connectivity index (χ0) is 15.1. The second kappa shape index (κ2) is 5.66. The van der Waals surface area contributed by atoms with Gasteiger partial charge in [-0.05, 0) is 62.8 Å². The first-order valence-electron chi connectivity index (χ1n) is 8.71. The van der Waals surface area contributed by atoms with Crippen LogP contribution in [0.2, 0.25) is 0 Å². The Morgan fingerprint density at radius 2 is 2.05 bits per heavy atom. The Bertz CT molecular complexity index is 482. The molecule has 0 spiro atoms. The highest BCUT2D eigenvalue weighted by molar-refractivity contribution is 7.11. The van der Waals surface area contributed by atoms with Gasteiger partial charge in [-0.1, -0.05) is 27.7 Å². The van der Waals surface area contributed by atoms with Gasteiger partial charge < -0.3 is 5.32 Å². The van der Waals surface area contributed by atoms with Crippen LogP contribution in [-0.2, 0) is 18.4 Å². The number of hydrogen-bond acceptors (Lipinski definition) is 3. The predicted molar refractivity (Wildman–Crippen MR) is 90.9 cm³/mol. The fourth-order valence-electron chi connectivity index (χ4n) is 4.49. The van der Waals surface area contributed by atoms with Crippen molar-refractivity contribution >= 4 is 11.3 Å². The number of nitrogens with one attached hydrogen (secondary N) is 1. The monoisotopic (exact) mass is 306 g/mol. The highest BCUT2D eigenvalue weighted by atomic mass is 32.1. The van der Waals surface area contributed by atoms with Crippen LogP contribution < -0.4 is 5.32 Å². The Hall–Kier alpha value is -0.410. The van der Waals surface area contributed by atoms with E-state index in [2.05, 4.69) is 33.0 Å². The first-order valence-corrected chi connectivity index (χ1v) is 9.52. The Morgan fingerprint density at radius 1 is 1.29 bits per heavy atom. The lowest BCUT2D eigenvalue weighted by atomic mass is 9.86. The van der Waals surface area contributed by atoms with Gasteiger partial charge in [0.05, 0.1) is 11.2 Å². The SMILES string of the molecule is CCCNC1(c2nc3c(s2)CCCC3)CC(C)(C)CC1C. The summed E-state index contributed by atoms with van der Waals surface area (Å²) < 4.78 is 0.